The lowest BCUT2D eigenvalue weighted by Gasteiger charge is -2.07. The Morgan fingerprint density at radius 2 is 0.592 bits per heavy atom. The maximum absolute atomic E-state index is 5.45. The smallest absolute Gasteiger partial charge is 0.0891 e. The van der Waals surface area contributed by atoms with Crippen molar-refractivity contribution in [2.75, 3.05) is 0 Å². The minimum Gasteiger partial charge on any atom is -0.352 e. The van der Waals surface area contributed by atoms with E-state index in [1.54, 1.807) is 0 Å². The third-order valence-corrected chi connectivity index (χ3v) is 16.8. The third-order valence-electron chi connectivity index (χ3n) is 8.39. The molecule has 0 radical (unpaired) electrons. The first-order valence-corrected chi connectivity index (χ1v) is 21.0. The average molecular weight is 1160 g/mol. The number of H-pyrrole nitrogens is 3. The topological polar surface area (TPSA) is 60.3 Å². The van der Waals surface area contributed by atoms with E-state index < -0.39 is 0 Å². The minimum atomic E-state index is 0.781. The summed E-state index contributed by atoms with van der Waals surface area (Å²) in [7, 11) is 0. The van der Waals surface area contributed by atoms with Crippen LogP contribution in [0.2, 0.25) is 0 Å². The Balaban J connectivity index is 1.73. The summed E-state index contributed by atoms with van der Waals surface area (Å²) >= 11 is 31.7. The van der Waals surface area contributed by atoms with Crippen LogP contribution in [0, 0.1) is 0 Å². The molecule has 7 aromatic rings. The van der Waals surface area contributed by atoms with Gasteiger partial charge in [0.1, 0.15) is 0 Å². The summed E-state index contributed by atoms with van der Waals surface area (Å²) in [5.41, 5.74) is 12.7. The molecule has 4 nitrogen and oxygen atoms in total. The molecule has 0 spiro atoms. The zero-order valence-corrected chi connectivity index (χ0v) is 37.3. The van der Waals surface area contributed by atoms with Gasteiger partial charge in [-0.05, 0) is 144 Å². The van der Waals surface area contributed by atoms with Crippen molar-refractivity contribution in [2.24, 2.45) is 0 Å². The van der Waals surface area contributed by atoms with Crippen LogP contribution in [0.4, 0.5) is 0 Å². The Kier molecular flexibility index (Phi) is 9.56. The summed E-state index contributed by atoms with van der Waals surface area (Å²) in [5, 5.41) is 0. The molecule has 12 heteroatoms. The predicted molar refractivity (Wildman–Crippen MR) is 233 cm³/mol. The molecule has 4 aromatic heterocycles. The summed E-state index contributed by atoms with van der Waals surface area (Å²) in [6, 6.07) is 31.0. The van der Waals surface area contributed by atoms with Crippen LogP contribution in [0.15, 0.2) is 118 Å². The normalized spacial score (nSPS) is 12.4. The van der Waals surface area contributed by atoms with Crippen molar-refractivity contribution in [2.45, 2.75) is 0 Å². The van der Waals surface area contributed by atoms with Gasteiger partial charge in [-0.15, -0.1) is 0 Å². The third kappa shape index (κ3) is 5.68. The fourth-order valence-corrected chi connectivity index (χ4v) is 10.1. The highest BCUT2D eigenvalue weighted by atomic mass is 79.9. The van der Waals surface area contributed by atoms with Gasteiger partial charge in [-0.2, -0.15) is 0 Å². The first-order valence-electron chi connectivity index (χ1n) is 14.7. The molecule has 8 rings (SSSR count). The Hall–Kier alpha value is -1.77. The lowest BCUT2D eigenvalue weighted by molar-refractivity contribution is 1.31. The van der Waals surface area contributed by atoms with E-state index in [2.05, 4.69) is 191 Å². The lowest BCUT2D eigenvalue weighted by Crippen LogP contribution is -1.89. The zero-order valence-electron chi connectivity index (χ0n) is 24.6. The van der Waals surface area contributed by atoms with Gasteiger partial charge in [0, 0.05) is 16.7 Å². The molecule has 242 valence electrons. The van der Waals surface area contributed by atoms with E-state index in [4.69, 9.17) is 4.98 Å². The van der Waals surface area contributed by atoms with Crippen molar-refractivity contribution in [3.63, 3.8) is 0 Å². The Morgan fingerprint density at radius 1 is 0.327 bits per heavy atom. The minimum absolute atomic E-state index is 0.781. The number of benzene rings is 3. The van der Waals surface area contributed by atoms with Crippen LogP contribution in [0.5, 0.6) is 0 Å². The van der Waals surface area contributed by atoms with E-state index in [1.165, 1.54) is 0 Å². The highest BCUT2D eigenvalue weighted by Gasteiger charge is 2.28. The van der Waals surface area contributed by atoms with E-state index in [0.29, 0.717) is 0 Å². The fraction of sp³-hybridized carbons (Fsp3) is 0. The second-order valence-corrected chi connectivity index (χ2v) is 17.5. The molecular formula is C37H18Br8N4. The van der Waals surface area contributed by atoms with Gasteiger partial charge in [-0.1, -0.05) is 91.0 Å². The van der Waals surface area contributed by atoms with Crippen LogP contribution in [-0.2, 0) is 0 Å². The average Bonchev–Trinajstić information content (AvgIpc) is 3.78. The Labute approximate surface area is 348 Å². The maximum atomic E-state index is 5.45. The van der Waals surface area contributed by atoms with Crippen molar-refractivity contribution in [1.29, 1.82) is 0 Å². The molecule has 0 saturated carbocycles. The maximum Gasteiger partial charge on any atom is 0.0891 e. The quantitative estimate of drug-likeness (QED) is 0.162. The number of nitrogens with zero attached hydrogens (tertiary/aromatic N) is 1. The monoisotopic (exact) mass is 1150 g/mol. The van der Waals surface area contributed by atoms with Crippen molar-refractivity contribution < 1.29 is 0 Å². The predicted octanol–water partition coefficient (Wildman–Crippen LogP) is 15.7. The van der Waals surface area contributed by atoms with Crippen molar-refractivity contribution >= 4 is 170 Å². The molecule has 0 saturated heterocycles. The number of fused-ring (bicyclic) bond motifs is 9. The molecule has 49 heavy (non-hydrogen) atoms. The molecule has 0 unspecified atom stereocenters. The van der Waals surface area contributed by atoms with Gasteiger partial charge in [0.05, 0.1) is 80.3 Å². The summed E-state index contributed by atoms with van der Waals surface area (Å²) in [5.74, 6) is 0. The van der Waals surface area contributed by atoms with Gasteiger partial charge in [-0.3, -0.25) is 0 Å². The Bertz CT molecular complexity index is 2620. The van der Waals surface area contributed by atoms with E-state index in [-0.39, 0.29) is 0 Å². The first-order chi connectivity index (χ1) is 23.7. The van der Waals surface area contributed by atoms with Crippen LogP contribution >= 0.6 is 127 Å². The largest absolute Gasteiger partial charge is 0.352 e. The zero-order chi connectivity index (χ0) is 34.1. The standard InChI is InChI=1S/C37H18Br8N4/c38-22-24(40)32-20(17-12-6-2-7-13-17)34-26(42)28(44)36(48-34)37-29(45)27(43)35(49-37)21(18-14-8-3-9-15-18)33-25(41)23(39)31(47-33)19(30(22)46-32)16-10-4-1-5-11-16/h1-15,46,48-49H. The van der Waals surface area contributed by atoms with Crippen molar-refractivity contribution in [3.05, 3.63) is 129 Å². The molecule has 1 aliphatic rings. The van der Waals surface area contributed by atoms with Gasteiger partial charge in [-0.25, -0.2) is 4.98 Å². The van der Waals surface area contributed by atoms with Gasteiger partial charge in [0.15, 0.2) is 0 Å². The molecule has 8 bridgehead atoms. The second-order valence-electron chi connectivity index (χ2n) is 11.2. The molecular weight excluding hydrogens is 1140 g/mol. The van der Waals surface area contributed by atoms with Gasteiger partial charge >= 0.3 is 0 Å². The number of aromatic amines is 3. The van der Waals surface area contributed by atoms with E-state index in [9.17, 15) is 0 Å². The van der Waals surface area contributed by atoms with Crippen LogP contribution in [-0.4, -0.2) is 19.9 Å². The van der Waals surface area contributed by atoms with Crippen molar-refractivity contribution in [1.82, 2.24) is 19.9 Å². The van der Waals surface area contributed by atoms with Gasteiger partial charge in [0.25, 0.3) is 0 Å². The number of aromatic nitrogens is 4. The molecule has 0 atom stereocenters. The molecule has 0 fully saturated rings. The number of hydrogen-bond acceptors (Lipinski definition) is 1. The number of nitrogens with one attached hydrogen (secondary N) is 3. The number of hydrogen-bond donors (Lipinski definition) is 3. The molecule has 0 aliphatic carbocycles. The molecule has 0 amide bonds. The summed E-state index contributed by atoms with van der Waals surface area (Å²) in [6.45, 7) is 0. The summed E-state index contributed by atoms with van der Waals surface area (Å²) in [6.07, 6.45) is 0. The second kappa shape index (κ2) is 13.7. The highest BCUT2D eigenvalue weighted by Crippen LogP contribution is 2.51. The molecule has 3 aromatic carbocycles. The number of rotatable bonds is 3. The fourth-order valence-electron chi connectivity index (χ4n) is 6.17. The van der Waals surface area contributed by atoms with Crippen LogP contribution in [0.25, 0.3) is 75.4 Å². The van der Waals surface area contributed by atoms with Gasteiger partial charge < -0.3 is 15.0 Å². The van der Waals surface area contributed by atoms with E-state index >= 15 is 0 Å². The molecule has 5 heterocycles. The highest BCUT2D eigenvalue weighted by molar-refractivity contribution is 9.18. The van der Waals surface area contributed by atoms with Crippen molar-refractivity contribution in [3.8, 4) is 33.4 Å². The van der Waals surface area contributed by atoms with E-state index in [1.807, 2.05) is 42.5 Å². The Morgan fingerprint density at radius 3 is 0.939 bits per heavy atom. The van der Waals surface area contributed by atoms with Crippen LogP contribution in [0.3, 0.4) is 0 Å². The first kappa shape index (κ1) is 34.3. The van der Waals surface area contributed by atoms with E-state index in [0.717, 1.165) is 114 Å². The summed E-state index contributed by atoms with van der Waals surface area (Å²) in [4.78, 5) is 16.8. The van der Waals surface area contributed by atoms with Crippen LogP contribution < -0.4 is 0 Å². The number of halogens is 8. The molecule has 1 aliphatic heterocycles. The SMILES string of the molecule is BrC1=C(Br)c2nc1c(-c1ccccc1)c1[nH]c(c(Br)c1Br)c(-c1ccccc1)c1[nH]c(c(Br)c1Br)c1[nH]c(c(Br)c1Br)c2-c1ccccc1. The summed E-state index contributed by atoms with van der Waals surface area (Å²) < 4.78 is 6.94. The lowest BCUT2D eigenvalue weighted by atomic mass is 10.0. The van der Waals surface area contributed by atoms with Gasteiger partial charge in [0.2, 0.25) is 0 Å². The molecule has 3 N–H and O–H groups in total. The van der Waals surface area contributed by atoms with Crippen LogP contribution in [0.1, 0.15) is 11.4 Å².